The normalized spacial score (nSPS) is 25.6. The second-order valence-electron chi connectivity index (χ2n) is 6.14. The average molecular weight is 398 g/mol. The van der Waals surface area contributed by atoms with E-state index in [0.29, 0.717) is 10.9 Å². The number of carbonyl (C=O) groups is 1. The molecule has 144 valence electrons. The minimum Gasteiger partial charge on any atom is -0.466 e. The number of fused-ring (bicyclic) bond motifs is 1. The summed E-state index contributed by atoms with van der Waals surface area (Å²) in [5, 5.41) is 16.0. The highest BCUT2D eigenvalue weighted by Gasteiger charge is 2.66. The van der Waals surface area contributed by atoms with Crippen molar-refractivity contribution in [2.75, 3.05) is 6.61 Å². The summed E-state index contributed by atoms with van der Waals surface area (Å²) in [6, 6.07) is 10.9. The van der Waals surface area contributed by atoms with E-state index in [1.165, 1.54) is 6.92 Å². The fourth-order valence-electron chi connectivity index (χ4n) is 3.32. The Morgan fingerprint density at radius 1 is 1.26 bits per heavy atom. The molecule has 0 spiro atoms. The lowest BCUT2D eigenvalue weighted by atomic mass is 9.80. The molecule has 0 bridgehead atoms. The molecule has 1 fully saturated rings. The molecule has 9 heteroatoms. The average Bonchev–Trinajstić information content (AvgIpc) is 2.59. The summed E-state index contributed by atoms with van der Waals surface area (Å²) >= 11 is 4.89. The maximum atomic E-state index is 13.7. The molecule has 0 aliphatic carbocycles. The molecule has 1 aliphatic rings. The fourth-order valence-corrected chi connectivity index (χ4v) is 3.60. The van der Waals surface area contributed by atoms with Crippen molar-refractivity contribution in [1.82, 2.24) is 10.6 Å². The Morgan fingerprint density at radius 3 is 2.59 bits per heavy atom. The Hall–Kier alpha value is -2.39. The number of alkyl halides is 3. The van der Waals surface area contributed by atoms with Crippen LogP contribution in [-0.4, -0.2) is 34.7 Å². The lowest BCUT2D eigenvalue weighted by Crippen LogP contribution is -2.73. The molecule has 1 saturated heterocycles. The van der Waals surface area contributed by atoms with Gasteiger partial charge in [-0.25, -0.2) is 0 Å². The van der Waals surface area contributed by atoms with Crippen LogP contribution in [0.2, 0.25) is 0 Å². The van der Waals surface area contributed by atoms with Crippen molar-refractivity contribution < 1.29 is 27.8 Å². The van der Waals surface area contributed by atoms with Crippen LogP contribution in [0.4, 0.5) is 13.2 Å². The molecule has 1 aliphatic heterocycles. The van der Waals surface area contributed by atoms with Crippen LogP contribution in [0, 0.1) is 5.92 Å². The highest BCUT2D eigenvalue weighted by Crippen LogP contribution is 2.44. The van der Waals surface area contributed by atoms with Crippen molar-refractivity contribution in [2.24, 2.45) is 5.92 Å². The van der Waals surface area contributed by atoms with Crippen LogP contribution >= 0.6 is 12.2 Å². The summed E-state index contributed by atoms with van der Waals surface area (Å²) in [5.41, 5.74) is -3.17. The zero-order valence-electron chi connectivity index (χ0n) is 14.2. The van der Waals surface area contributed by atoms with E-state index in [1.807, 2.05) is 5.32 Å². The molecule has 0 radical (unpaired) electrons. The van der Waals surface area contributed by atoms with E-state index < -0.39 is 34.9 Å². The number of benzene rings is 2. The van der Waals surface area contributed by atoms with Crippen molar-refractivity contribution in [3.05, 3.63) is 48.0 Å². The minimum atomic E-state index is -5.17. The molecular weight excluding hydrogens is 381 g/mol. The number of halogens is 3. The number of carbonyl (C=O) groups excluding carboxylic acids is 1. The molecule has 3 atom stereocenters. The van der Waals surface area contributed by atoms with Crippen LogP contribution in [-0.2, 0) is 9.53 Å². The zero-order valence-corrected chi connectivity index (χ0v) is 15.0. The van der Waals surface area contributed by atoms with Crippen molar-refractivity contribution >= 4 is 34.1 Å². The van der Waals surface area contributed by atoms with Gasteiger partial charge in [-0.1, -0.05) is 42.5 Å². The first-order chi connectivity index (χ1) is 12.7. The second-order valence-corrected chi connectivity index (χ2v) is 6.55. The molecule has 27 heavy (non-hydrogen) atoms. The quantitative estimate of drug-likeness (QED) is 0.546. The summed E-state index contributed by atoms with van der Waals surface area (Å²) in [4.78, 5) is 12.5. The summed E-state index contributed by atoms with van der Waals surface area (Å²) in [7, 11) is 0. The molecule has 3 rings (SSSR count). The first kappa shape index (κ1) is 19.4. The van der Waals surface area contributed by atoms with E-state index in [1.54, 1.807) is 42.5 Å². The van der Waals surface area contributed by atoms with E-state index in [4.69, 9.17) is 17.0 Å². The van der Waals surface area contributed by atoms with Gasteiger partial charge in [-0.15, -0.1) is 0 Å². The Morgan fingerprint density at radius 2 is 1.93 bits per heavy atom. The van der Waals surface area contributed by atoms with Crippen molar-refractivity contribution in [2.45, 2.75) is 24.9 Å². The van der Waals surface area contributed by atoms with Crippen LogP contribution in [0.1, 0.15) is 18.5 Å². The predicted octanol–water partition coefficient (Wildman–Crippen LogP) is 2.79. The molecule has 0 unspecified atom stereocenters. The number of aliphatic hydroxyl groups is 1. The summed E-state index contributed by atoms with van der Waals surface area (Å²) in [6.07, 6.45) is -5.17. The monoisotopic (exact) mass is 398 g/mol. The first-order valence-electron chi connectivity index (χ1n) is 8.21. The van der Waals surface area contributed by atoms with Crippen LogP contribution < -0.4 is 10.6 Å². The summed E-state index contributed by atoms with van der Waals surface area (Å²) in [6.45, 7) is 1.35. The van der Waals surface area contributed by atoms with E-state index in [9.17, 15) is 23.1 Å². The van der Waals surface area contributed by atoms with Gasteiger partial charge in [0.05, 0.1) is 12.6 Å². The number of hydrogen-bond donors (Lipinski definition) is 3. The lowest BCUT2D eigenvalue weighted by molar-refractivity contribution is -0.292. The summed E-state index contributed by atoms with van der Waals surface area (Å²) < 4.78 is 46.1. The molecule has 2 aromatic carbocycles. The van der Waals surface area contributed by atoms with Gasteiger partial charge >= 0.3 is 12.1 Å². The maximum absolute atomic E-state index is 13.7. The molecule has 1 heterocycles. The van der Waals surface area contributed by atoms with E-state index in [2.05, 4.69) is 5.32 Å². The predicted molar refractivity (Wildman–Crippen MR) is 96.7 cm³/mol. The van der Waals surface area contributed by atoms with Gasteiger partial charge in [0.2, 0.25) is 0 Å². The van der Waals surface area contributed by atoms with Gasteiger partial charge in [-0.2, -0.15) is 13.2 Å². The highest BCUT2D eigenvalue weighted by atomic mass is 32.1. The number of esters is 1. The van der Waals surface area contributed by atoms with Crippen LogP contribution in [0.5, 0.6) is 0 Å². The second kappa shape index (κ2) is 6.97. The van der Waals surface area contributed by atoms with Gasteiger partial charge in [0.25, 0.3) is 5.72 Å². The van der Waals surface area contributed by atoms with Gasteiger partial charge in [-0.05, 0) is 35.5 Å². The Labute approximate surface area is 158 Å². The van der Waals surface area contributed by atoms with Crippen molar-refractivity contribution in [3.8, 4) is 0 Å². The van der Waals surface area contributed by atoms with Gasteiger partial charge in [-0.3, -0.25) is 4.79 Å². The van der Waals surface area contributed by atoms with Crippen molar-refractivity contribution in [3.63, 3.8) is 0 Å². The molecule has 0 aromatic heterocycles. The number of thiocarbonyl (C=S) groups is 1. The Kier molecular flexibility index (Phi) is 5.00. The Bertz CT molecular complexity index is 884. The third-order valence-electron chi connectivity index (χ3n) is 4.51. The molecule has 3 N–H and O–H groups in total. The third kappa shape index (κ3) is 3.32. The van der Waals surface area contributed by atoms with E-state index in [-0.39, 0.29) is 6.61 Å². The topological polar surface area (TPSA) is 70.6 Å². The van der Waals surface area contributed by atoms with Crippen LogP contribution in [0.25, 0.3) is 10.8 Å². The first-order valence-corrected chi connectivity index (χ1v) is 8.62. The maximum Gasteiger partial charge on any atom is 0.437 e. The van der Waals surface area contributed by atoms with Gasteiger partial charge in [0.15, 0.2) is 5.11 Å². The Balaban J connectivity index is 2.21. The lowest BCUT2D eigenvalue weighted by Gasteiger charge is -2.45. The number of ether oxygens (including phenoxy) is 1. The number of hydrogen-bond acceptors (Lipinski definition) is 4. The molecule has 5 nitrogen and oxygen atoms in total. The highest BCUT2D eigenvalue weighted by molar-refractivity contribution is 7.80. The molecule has 0 amide bonds. The number of rotatable bonds is 3. The van der Waals surface area contributed by atoms with Crippen molar-refractivity contribution in [1.29, 1.82) is 0 Å². The van der Waals surface area contributed by atoms with Crippen LogP contribution in [0.15, 0.2) is 42.5 Å². The van der Waals surface area contributed by atoms with Crippen LogP contribution in [0.3, 0.4) is 0 Å². The molecule has 2 aromatic rings. The minimum absolute atomic E-state index is 0.129. The van der Waals surface area contributed by atoms with E-state index >= 15 is 0 Å². The molecule has 0 saturated carbocycles. The zero-order chi connectivity index (χ0) is 19.8. The fraction of sp³-hybridized carbons (Fsp3) is 0.333. The SMILES string of the molecule is CCOC(=O)[C@H]1[C@@H](c2cccc3ccccc23)NC(=S)N[C@@]1(O)C(F)(F)F. The van der Waals surface area contributed by atoms with Gasteiger partial charge < -0.3 is 20.5 Å². The standard InChI is InChI=1S/C18H17F3N2O3S/c1-2-26-15(24)13-14(22-16(27)23-17(13,25)18(19,20)21)12-9-5-7-10-6-3-4-8-11(10)12/h3-9,13-14,25H,2H2,1H3,(H2,22,23,27)/t13-,14-,17+/m1/s1. The largest absolute Gasteiger partial charge is 0.466 e. The van der Waals surface area contributed by atoms with E-state index in [0.717, 1.165) is 5.39 Å². The molecular formula is C18H17F3N2O3S. The van der Waals surface area contributed by atoms with Gasteiger partial charge in [0, 0.05) is 0 Å². The third-order valence-corrected chi connectivity index (χ3v) is 4.73. The summed E-state index contributed by atoms with van der Waals surface area (Å²) in [5.74, 6) is -3.19. The smallest absolute Gasteiger partial charge is 0.437 e. The number of nitrogens with one attached hydrogen (secondary N) is 2. The van der Waals surface area contributed by atoms with Gasteiger partial charge in [0.1, 0.15) is 5.92 Å².